The van der Waals surface area contributed by atoms with Gasteiger partial charge in [-0.2, -0.15) is 0 Å². The van der Waals surface area contributed by atoms with Crippen LogP contribution in [0.25, 0.3) is 81.9 Å². The Bertz CT molecular complexity index is 3400. The zero-order chi connectivity index (χ0) is 48.9. The van der Waals surface area contributed by atoms with Crippen molar-refractivity contribution >= 4 is 42.7 Å². The van der Waals surface area contributed by atoms with Crippen molar-refractivity contribution in [2.45, 2.75) is 132 Å². The molecule has 3 heterocycles. The third-order valence-electron chi connectivity index (χ3n) is 13.2. The van der Waals surface area contributed by atoms with Gasteiger partial charge >= 0.3 is 0 Å². The van der Waals surface area contributed by atoms with Crippen LogP contribution in [0.1, 0.15) is 132 Å². The minimum absolute atomic E-state index is 0. The maximum atomic E-state index is 12.6. The van der Waals surface area contributed by atoms with Crippen LogP contribution in [0.5, 0.6) is 5.75 Å². The minimum atomic E-state index is -0.333. The maximum Gasteiger partial charge on any atom is 0.148 e. The van der Waals surface area contributed by atoms with Crippen molar-refractivity contribution in [3.8, 4) is 56.3 Å². The summed E-state index contributed by atoms with van der Waals surface area (Å²) in [5, 5.41) is 13.8. The first-order valence-corrected chi connectivity index (χ1v) is 24.9. The molecule has 3 aromatic heterocycles. The molecule has 0 aliphatic carbocycles. The van der Waals surface area contributed by atoms with Crippen LogP contribution in [0, 0.1) is 11.5 Å². The first-order chi connectivity index (χ1) is 31.8. The summed E-state index contributed by atoms with van der Waals surface area (Å²) in [5.74, 6) is 0.935. The summed E-state index contributed by atoms with van der Waals surface area (Å²) in [4.78, 5) is 15.6. The van der Waals surface area contributed by atoms with Crippen LogP contribution >= 0.6 is 11.3 Å². The normalized spacial score (nSPS) is 12.9. The average molecular weight is 1110 g/mol. The topological polar surface area (TPSA) is 63.8 Å². The molecule has 6 aromatic carbocycles. The molecule has 0 radical (unpaired) electrons. The number of phenols is 1. The van der Waals surface area contributed by atoms with E-state index in [9.17, 15) is 5.11 Å². The number of fused-ring (bicyclic) bond motifs is 4. The molecule has 9 rings (SSSR count). The Kier molecular flexibility index (Phi) is 12.9. The Balaban J connectivity index is 0.00000642. The standard InChI is InChI=1S/C62H67N4OS.Pt/c1-58(2,3)35-37-24-27-51-46(28-37)54-56(68-51)52(63-36-64-54)40-29-39(30-42(31-40)60(7,8)9)44-22-19-23-50-53(44)65-57(47-33-43(61(10,11)12)34-48(55(47)67)62(13,14)15)66(50)49-26-25-41(59(4,5)6)32-45(49)38-20-17-16-18-21-38;/h16-28,30-34,36,67H,35H2,1-15H3;/q-1;. The molecule has 0 atom stereocenters. The van der Waals surface area contributed by atoms with Gasteiger partial charge in [0.1, 0.15) is 17.9 Å². The third-order valence-corrected chi connectivity index (χ3v) is 14.4. The molecule has 0 saturated carbocycles. The number of rotatable bonds is 6. The molecule has 69 heavy (non-hydrogen) atoms. The first kappa shape index (κ1) is 50.0. The van der Waals surface area contributed by atoms with Crippen molar-refractivity contribution < 1.29 is 26.2 Å². The predicted octanol–water partition coefficient (Wildman–Crippen LogP) is 17.1. The number of hydrogen-bond donors (Lipinski definition) is 1. The number of aromatic nitrogens is 4. The zero-order valence-corrected chi connectivity index (χ0v) is 46.2. The first-order valence-electron chi connectivity index (χ1n) is 24.1. The molecule has 0 bridgehead atoms. The number of aromatic hydroxyl groups is 1. The Morgan fingerprint density at radius 3 is 1.88 bits per heavy atom. The summed E-state index contributed by atoms with van der Waals surface area (Å²) in [7, 11) is 0. The van der Waals surface area contributed by atoms with E-state index in [1.165, 1.54) is 26.8 Å². The van der Waals surface area contributed by atoms with Gasteiger partial charge < -0.3 is 5.11 Å². The van der Waals surface area contributed by atoms with Crippen LogP contribution in [0.15, 0.2) is 116 Å². The largest absolute Gasteiger partial charge is 0.507 e. The number of imidazole rings is 1. The predicted molar refractivity (Wildman–Crippen MR) is 290 cm³/mol. The van der Waals surface area contributed by atoms with Crippen molar-refractivity contribution in [2.24, 2.45) is 5.41 Å². The van der Waals surface area contributed by atoms with E-state index < -0.39 is 0 Å². The van der Waals surface area contributed by atoms with E-state index in [1.54, 1.807) is 17.7 Å². The molecule has 9 aromatic rings. The summed E-state index contributed by atoms with van der Waals surface area (Å²) in [6.45, 7) is 33.6. The fourth-order valence-corrected chi connectivity index (χ4v) is 10.6. The van der Waals surface area contributed by atoms with Gasteiger partial charge in [0.15, 0.2) is 0 Å². The maximum absolute atomic E-state index is 12.6. The van der Waals surface area contributed by atoms with Crippen LogP contribution in [-0.4, -0.2) is 24.6 Å². The minimum Gasteiger partial charge on any atom is -0.507 e. The Labute approximate surface area is 428 Å². The van der Waals surface area contributed by atoms with Gasteiger partial charge in [-0.05, 0) is 92.1 Å². The SMILES string of the molecule is CC(C)(C)Cc1ccc2sc3c(-c4[c-]c(-c5cccc6c5nc(-c5cc(C(C)(C)C)cc(C(C)(C)C)c5O)n6-c5ccc(C(C)(C)C)cc5-c5ccccc5)cc(C(C)(C)C)c4)ncnc3c2c1.[Pt]. The van der Waals surface area contributed by atoms with E-state index in [-0.39, 0.29) is 53.9 Å². The number of thiophene rings is 1. The molecule has 0 amide bonds. The van der Waals surface area contributed by atoms with E-state index >= 15 is 0 Å². The van der Waals surface area contributed by atoms with Gasteiger partial charge in [-0.25, -0.2) is 9.97 Å². The number of phenolic OH excluding ortho intramolecular Hbond substituents is 1. The second-order valence-electron chi connectivity index (χ2n) is 24.2. The van der Waals surface area contributed by atoms with Crippen molar-refractivity contribution in [3.63, 3.8) is 0 Å². The Morgan fingerprint density at radius 1 is 0.580 bits per heavy atom. The van der Waals surface area contributed by atoms with Crippen LogP contribution < -0.4 is 0 Å². The molecule has 0 aliphatic heterocycles. The van der Waals surface area contributed by atoms with E-state index in [2.05, 4.69) is 224 Å². The van der Waals surface area contributed by atoms with Crippen LogP contribution in [0.2, 0.25) is 0 Å². The fourth-order valence-electron chi connectivity index (χ4n) is 9.41. The molecule has 5 nitrogen and oxygen atoms in total. The number of nitrogens with zero attached hydrogens (tertiary/aromatic N) is 4. The molecular weight excluding hydrogens is 1040 g/mol. The van der Waals surface area contributed by atoms with E-state index in [0.717, 1.165) is 78.0 Å². The van der Waals surface area contributed by atoms with Crippen molar-refractivity contribution in [1.29, 1.82) is 0 Å². The van der Waals surface area contributed by atoms with Crippen LogP contribution in [0.3, 0.4) is 0 Å². The van der Waals surface area contributed by atoms with Gasteiger partial charge in [0.25, 0.3) is 0 Å². The second-order valence-corrected chi connectivity index (χ2v) is 25.3. The number of hydrogen-bond acceptors (Lipinski definition) is 5. The molecule has 0 saturated heterocycles. The average Bonchev–Trinajstić information content (AvgIpc) is 3.83. The molecule has 0 fully saturated rings. The fraction of sp³-hybridized carbons (Fsp3) is 0.339. The summed E-state index contributed by atoms with van der Waals surface area (Å²) in [6.07, 6.45) is 2.70. The van der Waals surface area contributed by atoms with E-state index in [0.29, 0.717) is 11.4 Å². The monoisotopic (exact) mass is 1110 g/mol. The van der Waals surface area contributed by atoms with Crippen LogP contribution in [-0.2, 0) is 49.1 Å². The van der Waals surface area contributed by atoms with Gasteiger partial charge in [0, 0.05) is 52.7 Å². The number of benzene rings is 6. The molecule has 7 heteroatoms. The smallest absolute Gasteiger partial charge is 0.148 e. The molecule has 0 unspecified atom stereocenters. The van der Waals surface area contributed by atoms with Gasteiger partial charge in [-0.15, -0.1) is 40.7 Å². The number of para-hydroxylation sites is 1. The van der Waals surface area contributed by atoms with Crippen molar-refractivity contribution in [3.05, 3.63) is 149 Å². The van der Waals surface area contributed by atoms with E-state index in [4.69, 9.17) is 15.0 Å². The van der Waals surface area contributed by atoms with Crippen LogP contribution in [0.4, 0.5) is 0 Å². The quantitative estimate of drug-likeness (QED) is 0.169. The van der Waals surface area contributed by atoms with Gasteiger partial charge in [-0.1, -0.05) is 176 Å². The van der Waals surface area contributed by atoms with Gasteiger partial charge in [0.2, 0.25) is 0 Å². The van der Waals surface area contributed by atoms with Gasteiger partial charge in [0.05, 0.1) is 27.8 Å². The third kappa shape index (κ3) is 9.74. The molecular formula is C62H67N4OPtS-. The molecule has 1 N–H and O–H groups in total. The van der Waals surface area contributed by atoms with E-state index in [1.807, 2.05) is 0 Å². The molecule has 0 spiro atoms. The second kappa shape index (κ2) is 17.8. The summed E-state index contributed by atoms with van der Waals surface area (Å²) < 4.78 is 4.55. The summed E-state index contributed by atoms with van der Waals surface area (Å²) >= 11 is 1.75. The van der Waals surface area contributed by atoms with Crippen molar-refractivity contribution in [2.75, 3.05) is 0 Å². The Hall–Kier alpha value is -5.42. The van der Waals surface area contributed by atoms with Crippen molar-refractivity contribution in [1.82, 2.24) is 19.5 Å². The van der Waals surface area contributed by atoms with Gasteiger partial charge in [-0.3, -0.25) is 9.55 Å². The zero-order valence-electron chi connectivity index (χ0n) is 43.1. The molecule has 0 aliphatic rings. The Morgan fingerprint density at radius 2 is 1.23 bits per heavy atom. The summed E-state index contributed by atoms with van der Waals surface area (Å²) in [6, 6.07) is 43.6. The summed E-state index contributed by atoms with van der Waals surface area (Å²) in [5.41, 5.74) is 15.5. The molecule has 358 valence electrons.